The second-order valence-corrected chi connectivity index (χ2v) is 8.65. The van der Waals surface area contributed by atoms with Gasteiger partial charge in [-0.15, -0.1) is 0 Å². The highest BCUT2D eigenvalue weighted by Gasteiger charge is 2.15. The number of hydrogen-bond donors (Lipinski definition) is 3. The van der Waals surface area contributed by atoms with Crippen molar-refractivity contribution in [2.45, 2.75) is 67.2 Å². The van der Waals surface area contributed by atoms with Crippen LogP contribution in [0.25, 0.3) is 0 Å². The van der Waals surface area contributed by atoms with Gasteiger partial charge >= 0.3 is 23.9 Å². The van der Waals surface area contributed by atoms with E-state index in [4.69, 9.17) is 30.8 Å². The number of ether oxygens (including phenoxy) is 4. The molecule has 0 fully saturated rings. The van der Waals surface area contributed by atoms with Crippen molar-refractivity contribution in [2.75, 3.05) is 85.4 Å². The highest BCUT2D eigenvalue weighted by Crippen LogP contribution is 2.02. The van der Waals surface area contributed by atoms with Crippen molar-refractivity contribution >= 4 is 29.7 Å². The van der Waals surface area contributed by atoms with Crippen molar-refractivity contribution in [2.24, 2.45) is 11.5 Å². The Kier molecular flexibility index (Phi) is 41.6. The summed E-state index contributed by atoms with van der Waals surface area (Å²) in [6, 6.07) is 0. The molecule has 0 heterocycles. The van der Waals surface area contributed by atoms with Gasteiger partial charge in [-0.05, 0) is 41.5 Å². The molecule has 0 aromatic carbocycles. The molecule has 14 nitrogen and oxygen atoms in total. The first-order chi connectivity index (χ1) is 21.0. The minimum absolute atomic E-state index is 0.0811. The number of Topliss-reactive ketones (excluding diaryl/α,β-unsaturated/α-hetero) is 1. The van der Waals surface area contributed by atoms with Gasteiger partial charge in [0.1, 0.15) is 5.78 Å². The average molecular weight is 637 g/mol. The number of nitrogens with two attached hydrogens (primary N) is 2. The Morgan fingerprint density at radius 1 is 0.614 bits per heavy atom. The Morgan fingerprint density at radius 2 is 0.909 bits per heavy atom. The molecule has 14 heteroatoms. The molecule has 0 spiro atoms. The zero-order valence-electron chi connectivity index (χ0n) is 28.0. The quantitative estimate of drug-likeness (QED) is 0.0917. The fourth-order valence-electron chi connectivity index (χ4n) is 2.92. The van der Waals surface area contributed by atoms with Crippen molar-refractivity contribution in [1.82, 2.24) is 9.80 Å². The van der Waals surface area contributed by atoms with E-state index in [1.54, 1.807) is 34.6 Å². The predicted octanol–water partition coefficient (Wildman–Crippen LogP) is 1.07. The number of aliphatic hydroxyl groups is 1. The van der Waals surface area contributed by atoms with Gasteiger partial charge in [-0.2, -0.15) is 0 Å². The fraction of sp³-hybridized carbons (Fsp3) is 0.767. The van der Waals surface area contributed by atoms with Crippen LogP contribution >= 0.6 is 0 Å². The smallest absolute Gasteiger partial charge is 0.330 e. The summed E-state index contributed by atoms with van der Waals surface area (Å²) < 4.78 is 19.4. The molecule has 0 aliphatic rings. The number of aliphatic hydroxyl groups excluding tert-OH is 1. The summed E-state index contributed by atoms with van der Waals surface area (Å²) in [6.45, 7) is 19.4. The van der Waals surface area contributed by atoms with Crippen LogP contribution < -0.4 is 11.5 Å². The van der Waals surface area contributed by atoms with Crippen LogP contribution in [0.2, 0.25) is 0 Å². The topological polar surface area (TPSA) is 201 Å². The lowest BCUT2D eigenvalue weighted by molar-refractivity contribution is -0.145. The number of nitrogens with zero attached hydrogens (tertiary/aromatic N) is 2. The molecule has 0 aliphatic heterocycles. The number of esters is 4. The molecule has 0 saturated heterocycles. The van der Waals surface area contributed by atoms with E-state index >= 15 is 0 Å². The van der Waals surface area contributed by atoms with Gasteiger partial charge in [-0.3, -0.25) is 19.2 Å². The monoisotopic (exact) mass is 636 g/mol. The maximum absolute atomic E-state index is 11.7. The molecule has 0 aliphatic carbocycles. The average Bonchev–Trinajstić information content (AvgIpc) is 2.98. The number of carbonyl (C=O) groups excluding carboxylic acids is 5. The number of ketones is 1. The molecular formula is C30H60N4O10. The summed E-state index contributed by atoms with van der Waals surface area (Å²) in [5.41, 5.74) is 9.81. The van der Waals surface area contributed by atoms with Gasteiger partial charge in [0.05, 0.1) is 45.7 Å². The van der Waals surface area contributed by atoms with Crippen molar-refractivity contribution in [3.05, 3.63) is 12.7 Å². The van der Waals surface area contributed by atoms with E-state index in [1.807, 2.05) is 9.80 Å². The van der Waals surface area contributed by atoms with Crippen LogP contribution in [-0.2, 0) is 42.9 Å². The van der Waals surface area contributed by atoms with E-state index in [0.29, 0.717) is 85.2 Å². The van der Waals surface area contributed by atoms with E-state index in [9.17, 15) is 24.0 Å². The first kappa shape index (κ1) is 48.0. The van der Waals surface area contributed by atoms with E-state index in [1.165, 1.54) is 6.92 Å². The molecule has 0 unspecified atom stereocenters. The summed E-state index contributed by atoms with van der Waals surface area (Å²) in [5, 5.41) is 7.57. The summed E-state index contributed by atoms with van der Waals surface area (Å²) in [5.74, 6) is -1.12. The molecule has 0 amide bonds. The Morgan fingerprint density at radius 3 is 1.11 bits per heavy atom. The Balaban J connectivity index is -0.000000471. The lowest BCUT2D eigenvalue weighted by Gasteiger charge is -2.27. The van der Waals surface area contributed by atoms with Crippen molar-refractivity contribution in [1.29, 1.82) is 0 Å². The third-order valence-electron chi connectivity index (χ3n) is 4.94. The SMILES string of the molecule is C=CC(=O)OCC.CCO.CCOC(=O)CCN(CCC(C)=O)CCN(CCC(=O)OCC)CCC(=O)OCC.NCCN. The molecule has 0 saturated carbocycles. The normalized spacial score (nSPS) is 9.70. The molecular weight excluding hydrogens is 576 g/mol. The second kappa shape index (κ2) is 38.1. The lowest BCUT2D eigenvalue weighted by Crippen LogP contribution is -2.39. The van der Waals surface area contributed by atoms with E-state index in [0.717, 1.165) is 6.08 Å². The highest BCUT2D eigenvalue weighted by atomic mass is 16.5. The lowest BCUT2D eigenvalue weighted by atomic mass is 10.2. The van der Waals surface area contributed by atoms with Gasteiger partial charge in [0.15, 0.2) is 0 Å². The third-order valence-corrected chi connectivity index (χ3v) is 4.94. The molecule has 44 heavy (non-hydrogen) atoms. The van der Waals surface area contributed by atoms with Crippen LogP contribution in [0, 0.1) is 0 Å². The van der Waals surface area contributed by atoms with Gasteiger partial charge in [-0.1, -0.05) is 6.58 Å². The summed E-state index contributed by atoms with van der Waals surface area (Å²) >= 11 is 0. The van der Waals surface area contributed by atoms with Crippen LogP contribution in [0.1, 0.15) is 67.2 Å². The van der Waals surface area contributed by atoms with Crippen LogP contribution in [0.5, 0.6) is 0 Å². The van der Waals surface area contributed by atoms with Crippen molar-refractivity contribution in [3.63, 3.8) is 0 Å². The van der Waals surface area contributed by atoms with Gasteiger partial charge in [0.25, 0.3) is 0 Å². The predicted molar refractivity (Wildman–Crippen MR) is 170 cm³/mol. The third kappa shape index (κ3) is 41.2. The standard InChI is InChI=1S/C21H38N2O7.C5H8O2.C2H8N2.C2H6O/c1-5-28-19(25)9-13-22(12-8-18(4)24)16-17-23(14-10-20(26)29-6-2)15-11-21(27)30-7-3;1-3-5(6)7-4-2;3-1-2-4;1-2-3/h5-17H2,1-4H3;3H,1,4H2,2H3;1-4H2;3H,2H2,1H3. The highest BCUT2D eigenvalue weighted by molar-refractivity contribution is 5.81. The van der Waals surface area contributed by atoms with E-state index in [2.05, 4.69) is 11.3 Å². The molecule has 0 aromatic rings. The minimum atomic E-state index is -0.359. The maximum atomic E-state index is 11.7. The molecule has 260 valence electrons. The zero-order valence-corrected chi connectivity index (χ0v) is 28.0. The molecule has 0 atom stereocenters. The molecule has 0 radical (unpaired) electrons. The largest absolute Gasteiger partial charge is 0.466 e. The summed E-state index contributed by atoms with van der Waals surface area (Å²) in [4.78, 5) is 60.6. The van der Waals surface area contributed by atoms with Crippen molar-refractivity contribution in [3.8, 4) is 0 Å². The molecule has 0 rings (SSSR count). The number of hydrogen-bond acceptors (Lipinski definition) is 14. The van der Waals surface area contributed by atoms with Gasteiger partial charge in [-0.25, -0.2) is 4.79 Å². The van der Waals surface area contributed by atoms with Crippen LogP contribution in [0.4, 0.5) is 0 Å². The van der Waals surface area contributed by atoms with Crippen molar-refractivity contribution < 1.29 is 48.0 Å². The maximum Gasteiger partial charge on any atom is 0.330 e. The first-order valence-electron chi connectivity index (χ1n) is 15.2. The Labute approximate surface area is 264 Å². The number of carbonyl (C=O) groups is 5. The molecule has 5 N–H and O–H groups in total. The molecule has 0 aromatic heterocycles. The van der Waals surface area contributed by atoms with Gasteiger partial charge < -0.3 is 45.3 Å². The van der Waals surface area contributed by atoms with Gasteiger partial charge in [0, 0.05) is 71.5 Å². The van der Waals surface area contributed by atoms with E-state index in [-0.39, 0.29) is 55.5 Å². The second-order valence-electron chi connectivity index (χ2n) is 8.65. The fourth-order valence-corrected chi connectivity index (χ4v) is 2.92. The zero-order chi connectivity index (χ0) is 34.6. The Bertz CT molecular complexity index is 715. The van der Waals surface area contributed by atoms with Gasteiger partial charge in [0.2, 0.25) is 0 Å². The summed E-state index contributed by atoms with van der Waals surface area (Å²) in [7, 11) is 0. The summed E-state index contributed by atoms with van der Waals surface area (Å²) in [6.07, 6.45) is 2.25. The van der Waals surface area contributed by atoms with Crippen LogP contribution in [-0.4, -0.2) is 130 Å². The Hall–Kier alpha value is -2.91. The number of rotatable bonds is 21. The molecule has 0 bridgehead atoms. The van der Waals surface area contributed by atoms with Crippen LogP contribution in [0.15, 0.2) is 12.7 Å². The van der Waals surface area contributed by atoms with Crippen LogP contribution in [0.3, 0.4) is 0 Å². The van der Waals surface area contributed by atoms with E-state index < -0.39 is 0 Å². The minimum Gasteiger partial charge on any atom is -0.466 e. The first-order valence-corrected chi connectivity index (χ1v) is 15.2.